The van der Waals surface area contributed by atoms with E-state index >= 15 is 0 Å². The first-order valence-corrected chi connectivity index (χ1v) is 7.69. The van der Waals surface area contributed by atoms with Crippen LogP contribution >= 0.6 is 38.9 Å². The van der Waals surface area contributed by atoms with Crippen molar-refractivity contribution in [2.24, 2.45) is 0 Å². The topological polar surface area (TPSA) is 51.2 Å². The number of nitrogens with one attached hydrogen (secondary N) is 1. The van der Waals surface area contributed by atoms with Crippen LogP contribution in [0.5, 0.6) is 0 Å². The second-order valence-electron chi connectivity index (χ2n) is 4.17. The number of aryl methyl sites for hydroxylation is 2. The van der Waals surface area contributed by atoms with Crippen LogP contribution in [0.3, 0.4) is 0 Å². The van der Waals surface area contributed by atoms with Crippen molar-refractivity contribution in [3.8, 4) is 0 Å². The number of anilines is 2. The summed E-state index contributed by atoms with van der Waals surface area (Å²) >= 11 is 10.6. The van der Waals surface area contributed by atoms with Crippen LogP contribution in [0.2, 0.25) is 5.15 Å². The summed E-state index contributed by atoms with van der Waals surface area (Å²) < 4.78 is 5.68. The van der Waals surface area contributed by atoms with E-state index in [4.69, 9.17) is 11.6 Å². The van der Waals surface area contributed by atoms with E-state index in [0.717, 1.165) is 21.3 Å². The van der Waals surface area contributed by atoms with Gasteiger partial charge in [0.05, 0.1) is 7.11 Å². The summed E-state index contributed by atoms with van der Waals surface area (Å²) in [5, 5.41) is 3.91. The van der Waals surface area contributed by atoms with Crippen LogP contribution in [-0.2, 0) is 4.74 Å². The minimum absolute atomic E-state index is 0.150. The highest BCUT2D eigenvalue weighted by Crippen LogP contribution is 2.33. The molecular formula is C13H12BrClN2O2S. The third-order valence-corrected chi connectivity index (χ3v) is 4.48. The number of methoxy groups -OCH3 is 1. The van der Waals surface area contributed by atoms with Crippen LogP contribution in [0.25, 0.3) is 0 Å². The van der Waals surface area contributed by atoms with Crippen molar-refractivity contribution in [1.29, 1.82) is 0 Å². The average Bonchev–Trinajstić information content (AvgIpc) is 2.74. The largest absolute Gasteiger partial charge is 0.465 e. The number of hydrogen-bond donors (Lipinski definition) is 1. The molecule has 7 heteroatoms. The maximum absolute atomic E-state index is 11.5. The van der Waals surface area contributed by atoms with Gasteiger partial charge in [0.15, 0.2) is 15.2 Å². The first kappa shape index (κ1) is 15.3. The number of ether oxygens (including phenoxy) is 1. The Kier molecular flexibility index (Phi) is 4.67. The molecule has 0 saturated carbocycles. The Hall–Kier alpha value is -1.11. The number of aromatic nitrogens is 1. The van der Waals surface area contributed by atoms with Crippen molar-refractivity contribution >= 4 is 55.7 Å². The van der Waals surface area contributed by atoms with Crippen LogP contribution in [0, 0.1) is 13.8 Å². The van der Waals surface area contributed by atoms with Gasteiger partial charge >= 0.3 is 5.97 Å². The molecule has 1 aromatic carbocycles. The smallest absolute Gasteiger partial charge is 0.351 e. The summed E-state index contributed by atoms with van der Waals surface area (Å²) in [7, 11) is 1.31. The number of rotatable bonds is 3. The zero-order chi connectivity index (χ0) is 14.9. The number of nitrogens with zero attached hydrogens (tertiary/aromatic N) is 1. The van der Waals surface area contributed by atoms with Crippen LogP contribution in [0.1, 0.15) is 20.8 Å². The Balaban J connectivity index is 2.34. The lowest BCUT2D eigenvalue weighted by atomic mass is 10.1. The number of esters is 1. The molecule has 2 aromatic rings. The van der Waals surface area contributed by atoms with E-state index in [1.807, 2.05) is 26.0 Å². The number of halogens is 2. The molecule has 2 rings (SSSR count). The summed E-state index contributed by atoms with van der Waals surface area (Å²) in [5.41, 5.74) is 3.10. The highest BCUT2D eigenvalue weighted by Gasteiger charge is 2.18. The van der Waals surface area contributed by atoms with E-state index in [1.165, 1.54) is 18.4 Å². The molecule has 4 nitrogen and oxygen atoms in total. The van der Waals surface area contributed by atoms with Crippen molar-refractivity contribution in [1.82, 2.24) is 4.98 Å². The van der Waals surface area contributed by atoms with Gasteiger partial charge in [-0.3, -0.25) is 0 Å². The Labute approximate surface area is 134 Å². The van der Waals surface area contributed by atoms with Gasteiger partial charge < -0.3 is 10.1 Å². The molecule has 0 bridgehead atoms. The molecule has 0 fully saturated rings. The van der Waals surface area contributed by atoms with Gasteiger partial charge in [0, 0.05) is 10.2 Å². The zero-order valence-electron chi connectivity index (χ0n) is 11.1. The molecular weight excluding hydrogens is 364 g/mol. The van der Waals surface area contributed by atoms with Gasteiger partial charge in [0.1, 0.15) is 0 Å². The van der Waals surface area contributed by atoms with Gasteiger partial charge in [-0.25, -0.2) is 9.78 Å². The molecule has 1 aromatic heterocycles. The molecule has 0 aliphatic heterocycles. The number of benzene rings is 1. The average molecular weight is 376 g/mol. The van der Waals surface area contributed by atoms with E-state index in [9.17, 15) is 4.79 Å². The monoisotopic (exact) mass is 374 g/mol. The Bertz CT molecular complexity index is 649. The normalized spacial score (nSPS) is 10.4. The molecule has 0 spiro atoms. The van der Waals surface area contributed by atoms with Gasteiger partial charge in [0.2, 0.25) is 0 Å². The maximum atomic E-state index is 11.5. The molecule has 0 unspecified atom stereocenters. The molecule has 0 amide bonds. The lowest BCUT2D eigenvalue weighted by Gasteiger charge is -2.11. The summed E-state index contributed by atoms with van der Waals surface area (Å²) in [6.07, 6.45) is 0. The Morgan fingerprint density at radius 3 is 2.55 bits per heavy atom. The van der Waals surface area contributed by atoms with E-state index < -0.39 is 5.97 Å². The van der Waals surface area contributed by atoms with Crippen molar-refractivity contribution in [2.45, 2.75) is 13.8 Å². The SMILES string of the molecule is COC(=O)c1sc(Nc2c(C)cc(Br)cc2C)nc1Cl. The molecule has 0 aliphatic rings. The van der Waals surface area contributed by atoms with E-state index in [2.05, 4.69) is 31.0 Å². The standard InChI is InChI=1S/C13H12BrClN2O2S/c1-6-4-8(14)5-7(2)9(6)16-13-17-11(15)10(20-13)12(18)19-3/h4-5H,1-3H3,(H,16,17). The number of carbonyl (C=O) groups excluding carboxylic acids is 1. The Morgan fingerprint density at radius 2 is 2.00 bits per heavy atom. The van der Waals surface area contributed by atoms with Gasteiger partial charge in [0.25, 0.3) is 0 Å². The summed E-state index contributed by atoms with van der Waals surface area (Å²) in [6.45, 7) is 3.99. The van der Waals surface area contributed by atoms with Gasteiger partial charge in [-0.1, -0.05) is 38.9 Å². The maximum Gasteiger partial charge on any atom is 0.351 e. The van der Waals surface area contributed by atoms with E-state index in [1.54, 1.807) is 0 Å². The van der Waals surface area contributed by atoms with Crippen molar-refractivity contribution in [3.05, 3.63) is 37.8 Å². The predicted octanol–water partition coefficient (Wildman–Crippen LogP) is 4.71. The van der Waals surface area contributed by atoms with Crippen molar-refractivity contribution in [2.75, 3.05) is 12.4 Å². The second-order valence-corrected chi connectivity index (χ2v) is 6.44. The lowest BCUT2D eigenvalue weighted by molar-refractivity contribution is 0.0606. The summed E-state index contributed by atoms with van der Waals surface area (Å²) in [6, 6.07) is 4.01. The highest BCUT2D eigenvalue weighted by molar-refractivity contribution is 9.10. The fourth-order valence-electron chi connectivity index (χ4n) is 1.79. The van der Waals surface area contributed by atoms with Crippen molar-refractivity contribution < 1.29 is 9.53 Å². The first-order valence-electron chi connectivity index (χ1n) is 5.70. The number of carbonyl (C=O) groups is 1. The summed E-state index contributed by atoms with van der Waals surface area (Å²) in [4.78, 5) is 15.9. The van der Waals surface area contributed by atoms with Gasteiger partial charge in [-0.05, 0) is 37.1 Å². The minimum atomic E-state index is -0.482. The van der Waals surface area contributed by atoms with Gasteiger partial charge in [-0.15, -0.1) is 0 Å². The molecule has 0 atom stereocenters. The fraction of sp³-hybridized carbons (Fsp3) is 0.231. The number of hydrogen-bond acceptors (Lipinski definition) is 5. The molecule has 106 valence electrons. The third kappa shape index (κ3) is 3.13. The number of thiazole rings is 1. The molecule has 0 radical (unpaired) electrons. The van der Waals surface area contributed by atoms with Crippen LogP contribution in [-0.4, -0.2) is 18.1 Å². The van der Waals surface area contributed by atoms with E-state index in [0.29, 0.717) is 10.0 Å². The molecule has 1 heterocycles. The molecule has 20 heavy (non-hydrogen) atoms. The Morgan fingerprint density at radius 1 is 1.40 bits per heavy atom. The molecule has 1 N–H and O–H groups in total. The summed E-state index contributed by atoms with van der Waals surface area (Å²) in [5.74, 6) is -0.482. The van der Waals surface area contributed by atoms with Crippen LogP contribution < -0.4 is 5.32 Å². The van der Waals surface area contributed by atoms with Crippen LogP contribution in [0.4, 0.5) is 10.8 Å². The predicted molar refractivity (Wildman–Crippen MR) is 85.4 cm³/mol. The van der Waals surface area contributed by atoms with Crippen molar-refractivity contribution in [3.63, 3.8) is 0 Å². The zero-order valence-corrected chi connectivity index (χ0v) is 14.2. The molecule has 0 aliphatic carbocycles. The molecule has 0 saturated heterocycles. The first-order chi connectivity index (χ1) is 9.42. The third-order valence-electron chi connectivity index (χ3n) is 2.69. The van der Waals surface area contributed by atoms with Gasteiger partial charge in [-0.2, -0.15) is 0 Å². The minimum Gasteiger partial charge on any atom is -0.465 e. The highest BCUT2D eigenvalue weighted by atomic mass is 79.9. The fourth-order valence-corrected chi connectivity index (χ4v) is 3.58. The van der Waals surface area contributed by atoms with Crippen LogP contribution in [0.15, 0.2) is 16.6 Å². The lowest BCUT2D eigenvalue weighted by Crippen LogP contribution is -1.98. The second kappa shape index (κ2) is 6.11. The quantitative estimate of drug-likeness (QED) is 0.790. The van der Waals surface area contributed by atoms with E-state index in [-0.39, 0.29) is 5.15 Å².